The molecule has 0 saturated carbocycles. The van der Waals surface area contributed by atoms with Crippen molar-refractivity contribution < 1.29 is 19.4 Å². The molecule has 0 radical (unpaired) electrons. The molecule has 0 bridgehead atoms. The number of ether oxygens (including phenoxy) is 1. The van der Waals surface area contributed by atoms with Crippen LogP contribution in [-0.2, 0) is 16.0 Å². The molecule has 1 aromatic carbocycles. The summed E-state index contributed by atoms with van der Waals surface area (Å²) in [6.45, 7) is 2.18. The second-order valence-corrected chi connectivity index (χ2v) is 5.51. The maximum Gasteiger partial charge on any atom is 0.416 e. The third-order valence-corrected chi connectivity index (χ3v) is 3.69. The molecule has 2 atom stereocenters. The number of hydrogen-bond acceptors (Lipinski definition) is 4. The van der Waals surface area contributed by atoms with Gasteiger partial charge in [0, 0.05) is 13.0 Å². The van der Waals surface area contributed by atoms with Crippen LogP contribution in [0.2, 0.25) is 0 Å². The van der Waals surface area contributed by atoms with Crippen LogP contribution in [0.15, 0.2) is 30.3 Å². The van der Waals surface area contributed by atoms with Gasteiger partial charge in [0.25, 0.3) is 0 Å². The van der Waals surface area contributed by atoms with E-state index in [9.17, 15) is 9.59 Å². The SMILES string of the molecule is CC(CCO)CC(=O)N1C(=O)OCC1Cc1ccccc1. The second kappa shape index (κ2) is 7.22. The Morgan fingerprint density at radius 2 is 2.14 bits per heavy atom. The molecule has 0 aromatic heterocycles. The van der Waals surface area contributed by atoms with Gasteiger partial charge in [0.15, 0.2) is 0 Å². The van der Waals surface area contributed by atoms with Crippen LogP contribution >= 0.6 is 0 Å². The van der Waals surface area contributed by atoms with Gasteiger partial charge in [0.2, 0.25) is 5.91 Å². The summed E-state index contributed by atoms with van der Waals surface area (Å²) in [4.78, 5) is 25.3. The first-order valence-corrected chi connectivity index (χ1v) is 7.25. The van der Waals surface area contributed by atoms with Crippen molar-refractivity contribution in [2.24, 2.45) is 5.92 Å². The van der Waals surface area contributed by atoms with Crippen molar-refractivity contribution in [1.29, 1.82) is 0 Å². The smallest absolute Gasteiger partial charge is 0.416 e. The number of aliphatic hydroxyl groups excluding tert-OH is 1. The molecule has 1 aliphatic heterocycles. The highest BCUT2D eigenvalue weighted by molar-refractivity contribution is 5.93. The number of hydrogen-bond donors (Lipinski definition) is 1. The summed E-state index contributed by atoms with van der Waals surface area (Å²) in [6.07, 6.45) is 0.850. The van der Waals surface area contributed by atoms with Crippen LogP contribution < -0.4 is 0 Å². The lowest BCUT2D eigenvalue weighted by Gasteiger charge is -2.21. The van der Waals surface area contributed by atoms with Gasteiger partial charge in [-0.05, 0) is 24.3 Å². The number of benzene rings is 1. The zero-order valence-electron chi connectivity index (χ0n) is 12.2. The Bertz CT molecular complexity index is 488. The van der Waals surface area contributed by atoms with Crippen molar-refractivity contribution in [3.63, 3.8) is 0 Å². The standard InChI is InChI=1S/C16H21NO4/c1-12(7-8-18)9-15(19)17-14(11-21-16(17)20)10-13-5-3-2-4-6-13/h2-6,12,14,18H,7-11H2,1H3. The fourth-order valence-electron chi connectivity index (χ4n) is 2.52. The molecule has 0 spiro atoms. The van der Waals surface area contributed by atoms with Crippen LogP contribution in [-0.4, -0.2) is 41.3 Å². The maximum atomic E-state index is 12.3. The van der Waals surface area contributed by atoms with Gasteiger partial charge in [0.1, 0.15) is 6.61 Å². The lowest BCUT2D eigenvalue weighted by Crippen LogP contribution is -2.40. The lowest BCUT2D eigenvalue weighted by atomic mass is 10.0. The molecular weight excluding hydrogens is 270 g/mol. The van der Waals surface area contributed by atoms with Gasteiger partial charge in [-0.2, -0.15) is 0 Å². The fraction of sp³-hybridized carbons (Fsp3) is 0.500. The van der Waals surface area contributed by atoms with Gasteiger partial charge in [-0.15, -0.1) is 0 Å². The van der Waals surface area contributed by atoms with Crippen molar-refractivity contribution in [2.75, 3.05) is 13.2 Å². The average molecular weight is 291 g/mol. The van der Waals surface area contributed by atoms with E-state index in [1.807, 2.05) is 37.3 Å². The quantitative estimate of drug-likeness (QED) is 0.870. The van der Waals surface area contributed by atoms with Crippen LogP contribution in [0.25, 0.3) is 0 Å². The van der Waals surface area contributed by atoms with Crippen molar-refractivity contribution in [3.05, 3.63) is 35.9 Å². The van der Waals surface area contributed by atoms with E-state index in [0.717, 1.165) is 5.56 Å². The van der Waals surface area contributed by atoms with Gasteiger partial charge in [-0.25, -0.2) is 9.69 Å². The molecule has 1 saturated heterocycles. The molecule has 1 N–H and O–H groups in total. The van der Waals surface area contributed by atoms with Gasteiger partial charge in [-0.3, -0.25) is 4.79 Å². The molecule has 21 heavy (non-hydrogen) atoms. The Morgan fingerprint density at radius 3 is 2.81 bits per heavy atom. The minimum atomic E-state index is -0.558. The number of carbonyl (C=O) groups is 2. The topological polar surface area (TPSA) is 66.8 Å². The van der Waals surface area contributed by atoms with E-state index in [0.29, 0.717) is 12.8 Å². The average Bonchev–Trinajstić information content (AvgIpc) is 2.81. The van der Waals surface area contributed by atoms with Gasteiger partial charge in [-0.1, -0.05) is 37.3 Å². The van der Waals surface area contributed by atoms with Crippen LogP contribution in [0.1, 0.15) is 25.3 Å². The zero-order valence-corrected chi connectivity index (χ0v) is 12.2. The van der Waals surface area contributed by atoms with Crippen molar-refractivity contribution in [1.82, 2.24) is 4.90 Å². The Hall–Kier alpha value is -1.88. The Kier molecular flexibility index (Phi) is 5.33. The molecular formula is C16H21NO4. The molecule has 2 rings (SSSR count). The highest BCUT2D eigenvalue weighted by Crippen LogP contribution is 2.20. The van der Waals surface area contributed by atoms with Gasteiger partial charge >= 0.3 is 6.09 Å². The summed E-state index contributed by atoms with van der Waals surface area (Å²) in [5, 5.41) is 8.90. The monoisotopic (exact) mass is 291 g/mol. The number of carbonyl (C=O) groups excluding carboxylic acids is 2. The van der Waals surface area contributed by atoms with E-state index in [1.54, 1.807) is 0 Å². The molecule has 1 aliphatic rings. The first-order chi connectivity index (χ1) is 10.1. The number of imide groups is 1. The normalized spacial score (nSPS) is 19.4. The fourth-order valence-corrected chi connectivity index (χ4v) is 2.52. The summed E-state index contributed by atoms with van der Waals surface area (Å²) in [5.41, 5.74) is 1.07. The molecule has 114 valence electrons. The van der Waals surface area contributed by atoms with Crippen LogP contribution in [0, 0.1) is 5.92 Å². The minimum absolute atomic E-state index is 0.0480. The number of nitrogens with zero attached hydrogens (tertiary/aromatic N) is 1. The molecule has 2 unspecified atom stereocenters. The highest BCUT2D eigenvalue weighted by Gasteiger charge is 2.37. The van der Waals surface area contributed by atoms with E-state index < -0.39 is 6.09 Å². The zero-order chi connectivity index (χ0) is 15.2. The number of cyclic esters (lactones) is 1. The van der Waals surface area contributed by atoms with E-state index in [4.69, 9.17) is 9.84 Å². The summed E-state index contributed by atoms with van der Waals surface area (Å²) in [7, 11) is 0. The van der Waals surface area contributed by atoms with Gasteiger partial charge in [0.05, 0.1) is 6.04 Å². The molecule has 1 fully saturated rings. The largest absolute Gasteiger partial charge is 0.447 e. The van der Waals surface area contributed by atoms with Crippen LogP contribution in [0.5, 0.6) is 0 Å². The second-order valence-electron chi connectivity index (χ2n) is 5.51. The van der Waals surface area contributed by atoms with E-state index in [2.05, 4.69) is 0 Å². The van der Waals surface area contributed by atoms with Crippen LogP contribution in [0.4, 0.5) is 4.79 Å². The Balaban J connectivity index is 2.01. The highest BCUT2D eigenvalue weighted by atomic mass is 16.6. The number of amides is 2. The molecule has 2 amide bonds. The molecule has 1 heterocycles. The summed E-state index contributed by atoms with van der Waals surface area (Å²) < 4.78 is 5.03. The lowest BCUT2D eigenvalue weighted by molar-refractivity contribution is -0.130. The molecule has 1 aromatic rings. The third-order valence-electron chi connectivity index (χ3n) is 3.69. The minimum Gasteiger partial charge on any atom is -0.447 e. The van der Waals surface area contributed by atoms with E-state index >= 15 is 0 Å². The van der Waals surface area contributed by atoms with E-state index in [1.165, 1.54) is 4.90 Å². The summed E-state index contributed by atoms with van der Waals surface area (Å²) in [5.74, 6) is -0.173. The van der Waals surface area contributed by atoms with Crippen molar-refractivity contribution in [2.45, 2.75) is 32.2 Å². The first kappa shape index (κ1) is 15.5. The molecule has 5 heteroatoms. The number of aliphatic hydroxyl groups is 1. The Morgan fingerprint density at radius 1 is 1.43 bits per heavy atom. The Labute approximate surface area is 124 Å². The number of rotatable bonds is 6. The van der Waals surface area contributed by atoms with E-state index in [-0.39, 0.29) is 37.5 Å². The summed E-state index contributed by atoms with van der Waals surface area (Å²) in [6, 6.07) is 9.50. The first-order valence-electron chi connectivity index (χ1n) is 7.25. The van der Waals surface area contributed by atoms with Gasteiger partial charge < -0.3 is 9.84 Å². The van der Waals surface area contributed by atoms with Crippen molar-refractivity contribution in [3.8, 4) is 0 Å². The van der Waals surface area contributed by atoms with Crippen LogP contribution in [0.3, 0.4) is 0 Å². The van der Waals surface area contributed by atoms with Crippen molar-refractivity contribution >= 4 is 12.0 Å². The molecule has 0 aliphatic carbocycles. The molecule has 5 nitrogen and oxygen atoms in total. The third kappa shape index (κ3) is 4.04. The maximum absolute atomic E-state index is 12.3. The summed E-state index contributed by atoms with van der Waals surface area (Å²) >= 11 is 0. The predicted molar refractivity (Wildman–Crippen MR) is 77.6 cm³/mol. The predicted octanol–water partition coefficient (Wildman–Crippen LogP) is 1.99.